The number of hydrogen-bond acceptors (Lipinski definition) is 5. The summed E-state index contributed by atoms with van der Waals surface area (Å²) in [6, 6.07) is 5.14. The van der Waals surface area contributed by atoms with E-state index >= 15 is 0 Å². The van der Waals surface area contributed by atoms with Crippen molar-refractivity contribution in [3.63, 3.8) is 0 Å². The molecule has 3 heterocycles. The second-order valence-electron chi connectivity index (χ2n) is 8.38. The Hall–Kier alpha value is -0.720. The van der Waals surface area contributed by atoms with Gasteiger partial charge in [-0.3, -0.25) is 14.7 Å². The quantitative estimate of drug-likeness (QED) is 0.686. The van der Waals surface area contributed by atoms with Crippen LogP contribution < -0.4 is 0 Å². The Labute approximate surface area is 169 Å². The van der Waals surface area contributed by atoms with Crippen molar-refractivity contribution in [3.8, 4) is 0 Å². The lowest BCUT2D eigenvalue weighted by Gasteiger charge is -2.41. The second-order valence-corrected chi connectivity index (χ2v) is 9.64. The van der Waals surface area contributed by atoms with Crippen molar-refractivity contribution in [1.82, 2.24) is 14.7 Å². The van der Waals surface area contributed by atoms with Crippen molar-refractivity contribution in [3.05, 3.63) is 33.5 Å². The molecule has 0 amide bonds. The van der Waals surface area contributed by atoms with Crippen molar-refractivity contribution in [2.75, 3.05) is 45.9 Å². The van der Waals surface area contributed by atoms with E-state index in [2.05, 4.69) is 46.8 Å². The molecular weight excluding hydrogens is 354 g/mol. The number of hydrogen-bond donors (Lipinski definition) is 1. The van der Waals surface area contributed by atoms with Gasteiger partial charge in [-0.25, -0.2) is 0 Å². The molecule has 1 aromatic rings. The van der Waals surface area contributed by atoms with E-state index in [1.165, 1.54) is 47.7 Å². The van der Waals surface area contributed by atoms with Crippen LogP contribution in [0.25, 0.3) is 0 Å². The summed E-state index contributed by atoms with van der Waals surface area (Å²) >= 11 is 1.99. The van der Waals surface area contributed by atoms with E-state index in [9.17, 15) is 5.11 Å². The summed E-state index contributed by atoms with van der Waals surface area (Å²) < 4.78 is 0. The molecule has 27 heavy (non-hydrogen) atoms. The Morgan fingerprint density at radius 3 is 2.41 bits per heavy atom. The summed E-state index contributed by atoms with van der Waals surface area (Å²) in [6.45, 7) is 13.6. The van der Waals surface area contributed by atoms with Crippen LogP contribution in [-0.2, 0) is 13.1 Å². The van der Waals surface area contributed by atoms with E-state index in [0.29, 0.717) is 6.04 Å². The summed E-state index contributed by atoms with van der Waals surface area (Å²) in [5, 5.41) is 9.49. The van der Waals surface area contributed by atoms with Gasteiger partial charge in [0.05, 0.1) is 0 Å². The second kappa shape index (κ2) is 10.7. The molecule has 2 saturated heterocycles. The molecule has 0 spiro atoms. The van der Waals surface area contributed by atoms with Crippen LogP contribution in [0, 0.1) is 0 Å². The summed E-state index contributed by atoms with van der Waals surface area (Å²) in [5.41, 5.74) is 1.37. The molecule has 0 radical (unpaired) electrons. The van der Waals surface area contributed by atoms with Crippen LogP contribution in [0.15, 0.2) is 23.8 Å². The molecule has 0 saturated carbocycles. The van der Waals surface area contributed by atoms with Crippen molar-refractivity contribution >= 4 is 11.3 Å². The smallest absolute Gasteiger partial charge is 0.0446 e. The first-order valence-corrected chi connectivity index (χ1v) is 11.5. The summed E-state index contributed by atoms with van der Waals surface area (Å²) in [7, 11) is 0. The van der Waals surface area contributed by atoms with Gasteiger partial charge in [0, 0.05) is 61.7 Å². The number of nitrogens with zero attached hydrogens (tertiary/aromatic N) is 3. The van der Waals surface area contributed by atoms with Crippen LogP contribution >= 0.6 is 11.3 Å². The highest BCUT2D eigenvalue weighted by Gasteiger charge is 2.26. The SMILES string of the molecule is CC(C)=CCN1CCN(Cc2ccc(CN3CCCCC3)s2)C[C@H]1CCO. The Kier molecular flexibility index (Phi) is 8.34. The minimum absolute atomic E-state index is 0.281. The van der Waals surface area contributed by atoms with Gasteiger partial charge < -0.3 is 5.11 Å². The van der Waals surface area contributed by atoms with Crippen LogP contribution in [-0.4, -0.2) is 71.7 Å². The third-order valence-electron chi connectivity index (χ3n) is 5.81. The Balaban J connectivity index is 1.51. The fourth-order valence-corrected chi connectivity index (χ4v) is 5.32. The van der Waals surface area contributed by atoms with Gasteiger partial charge >= 0.3 is 0 Å². The summed E-state index contributed by atoms with van der Waals surface area (Å²) in [5.74, 6) is 0. The Morgan fingerprint density at radius 2 is 1.74 bits per heavy atom. The fraction of sp³-hybridized carbons (Fsp3) is 0.727. The number of piperazine rings is 1. The van der Waals surface area contributed by atoms with Crippen molar-refractivity contribution < 1.29 is 5.11 Å². The third-order valence-corrected chi connectivity index (χ3v) is 6.86. The molecule has 2 fully saturated rings. The monoisotopic (exact) mass is 391 g/mol. The highest BCUT2D eigenvalue weighted by Crippen LogP contribution is 2.23. The van der Waals surface area contributed by atoms with Gasteiger partial charge in [0.25, 0.3) is 0 Å². The fourth-order valence-electron chi connectivity index (χ4n) is 4.21. The lowest BCUT2D eigenvalue weighted by molar-refractivity contribution is 0.0642. The molecule has 1 atom stereocenters. The highest BCUT2D eigenvalue weighted by atomic mass is 32.1. The van der Waals surface area contributed by atoms with E-state index in [1.807, 2.05) is 11.3 Å². The van der Waals surface area contributed by atoms with Gasteiger partial charge in [0.2, 0.25) is 0 Å². The molecule has 1 N–H and O–H groups in total. The van der Waals surface area contributed by atoms with E-state index in [-0.39, 0.29) is 6.61 Å². The van der Waals surface area contributed by atoms with Gasteiger partial charge in [-0.2, -0.15) is 0 Å². The molecule has 3 rings (SSSR count). The maximum Gasteiger partial charge on any atom is 0.0446 e. The lowest BCUT2D eigenvalue weighted by atomic mass is 10.1. The normalized spacial score (nSPS) is 22.9. The van der Waals surface area contributed by atoms with Crippen LogP contribution in [0.1, 0.15) is 49.3 Å². The van der Waals surface area contributed by atoms with E-state index in [0.717, 1.165) is 45.7 Å². The zero-order valence-electron chi connectivity index (χ0n) is 17.2. The maximum absolute atomic E-state index is 9.49. The topological polar surface area (TPSA) is 30.0 Å². The first kappa shape index (κ1) is 21.0. The zero-order valence-corrected chi connectivity index (χ0v) is 18.0. The lowest BCUT2D eigenvalue weighted by Crippen LogP contribution is -2.52. The number of aliphatic hydroxyl groups is 1. The molecule has 5 heteroatoms. The average Bonchev–Trinajstić information content (AvgIpc) is 3.09. The number of likely N-dealkylation sites (tertiary alicyclic amines) is 1. The first-order valence-electron chi connectivity index (χ1n) is 10.6. The van der Waals surface area contributed by atoms with E-state index in [1.54, 1.807) is 0 Å². The summed E-state index contributed by atoms with van der Waals surface area (Å²) in [4.78, 5) is 10.7. The van der Waals surface area contributed by atoms with Crippen LogP contribution in [0.3, 0.4) is 0 Å². The highest BCUT2D eigenvalue weighted by molar-refractivity contribution is 7.11. The molecule has 2 aliphatic rings. The number of rotatable bonds is 8. The first-order chi connectivity index (χ1) is 13.1. The van der Waals surface area contributed by atoms with Gasteiger partial charge in [-0.05, 0) is 58.3 Å². The largest absolute Gasteiger partial charge is 0.396 e. The van der Waals surface area contributed by atoms with Crippen LogP contribution in [0.4, 0.5) is 0 Å². The number of aliphatic hydroxyl groups excluding tert-OH is 1. The van der Waals surface area contributed by atoms with E-state index in [4.69, 9.17) is 0 Å². The molecule has 0 aromatic carbocycles. The van der Waals surface area contributed by atoms with Gasteiger partial charge in [-0.1, -0.05) is 18.1 Å². The molecular formula is C22H37N3OS. The molecule has 1 aromatic heterocycles. The predicted octanol–water partition coefficient (Wildman–Crippen LogP) is 3.57. The average molecular weight is 392 g/mol. The molecule has 0 unspecified atom stereocenters. The predicted molar refractivity (Wildman–Crippen MR) is 115 cm³/mol. The Morgan fingerprint density at radius 1 is 1.04 bits per heavy atom. The number of thiophene rings is 1. The minimum atomic E-state index is 0.281. The molecule has 4 nitrogen and oxygen atoms in total. The number of piperidine rings is 1. The molecule has 2 aliphatic heterocycles. The standard InChI is InChI=1S/C22H37N3OS/c1-19(2)8-12-25-14-13-24(16-20(25)9-15-26)18-22-7-6-21(27-22)17-23-10-4-3-5-11-23/h6-8,20,26H,3-5,9-18H2,1-2H3/t20-/m1/s1. The van der Waals surface area contributed by atoms with Crippen molar-refractivity contribution in [2.24, 2.45) is 0 Å². The van der Waals surface area contributed by atoms with Crippen LogP contribution in [0.5, 0.6) is 0 Å². The van der Waals surface area contributed by atoms with E-state index < -0.39 is 0 Å². The summed E-state index contributed by atoms with van der Waals surface area (Å²) in [6.07, 6.45) is 7.31. The van der Waals surface area contributed by atoms with Gasteiger partial charge in [0.1, 0.15) is 0 Å². The van der Waals surface area contributed by atoms with Crippen molar-refractivity contribution in [1.29, 1.82) is 0 Å². The zero-order chi connectivity index (χ0) is 19.1. The van der Waals surface area contributed by atoms with Crippen molar-refractivity contribution in [2.45, 2.75) is 58.7 Å². The Bertz CT molecular complexity index is 590. The van der Waals surface area contributed by atoms with Crippen LogP contribution in [0.2, 0.25) is 0 Å². The minimum Gasteiger partial charge on any atom is -0.396 e. The third kappa shape index (κ3) is 6.68. The molecule has 0 bridgehead atoms. The molecule has 152 valence electrons. The van der Waals surface area contributed by atoms with Gasteiger partial charge in [0.15, 0.2) is 0 Å². The van der Waals surface area contributed by atoms with Gasteiger partial charge in [-0.15, -0.1) is 11.3 Å². The molecule has 0 aliphatic carbocycles. The maximum atomic E-state index is 9.49. The number of allylic oxidation sites excluding steroid dienone is 1.